The van der Waals surface area contributed by atoms with E-state index in [1.807, 2.05) is 0 Å². The second-order valence-electron chi connectivity index (χ2n) is 3.89. The van der Waals surface area contributed by atoms with Crippen LogP contribution in [0.2, 0.25) is 5.04 Å². The van der Waals surface area contributed by atoms with Gasteiger partial charge in [0.05, 0.1) is 0 Å². The third-order valence-electron chi connectivity index (χ3n) is 2.66. The average Bonchev–Trinajstić information content (AvgIpc) is 2.17. The number of hydrogen-bond acceptors (Lipinski definition) is 4. The monoisotopic (exact) mass is 220 g/mol. The maximum atomic E-state index is 5.61. The first kappa shape index (κ1) is 14.1. The summed E-state index contributed by atoms with van der Waals surface area (Å²) in [6, 6.07) is 0. The first-order valence-corrected chi connectivity index (χ1v) is 6.62. The van der Waals surface area contributed by atoms with Crippen LogP contribution in [0.4, 0.5) is 0 Å². The molecule has 0 heterocycles. The summed E-state index contributed by atoms with van der Waals surface area (Å²) in [5, 5.41) is 0.109. The van der Waals surface area contributed by atoms with Crippen LogP contribution in [0.3, 0.4) is 0 Å². The first-order valence-electron chi connectivity index (χ1n) is 5.10. The Hall–Kier alpha value is 0.0569. The van der Waals surface area contributed by atoms with Crippen molar-refractivity contribution >= 4 is 9.28 Å². The Balaban J connectivity index is 4.33. The highest BCUT2D eigenvalue weighted by atomic mass is 28.3. The maximum Gasteiger partial charge on any atom is 0.327 e. The van der Waals surface area contributed by atoms with Gasteiger partial charge in [0.2, 0.25) is 0 Å². The van der Waals surface area contributed by atoms with Gasteiger partial charge in [-0.3, -0.25) is 0 Å². The quantitative estimate of drug-likeness (QED) is 0.579. The van der Waals surface area contributed by atoms with Crippen LogP contribution < -0.4 is 11.5 Å². The molecule has 5 heteroatoms. The van der Waals surface area contributed by atoms with E-state index in [0.717, 1.165) is 19.3 Å². The number of nitrogens with two attached hydrogens (primary N) is 2. The van der Waals surface area contributed by atoms with Gasteiger partial charge in [0.25, 0.3) is 0 Å². The summed E-state index contributed by atoms with van der Waals surface area (Å²) in [6.07, 6.45) is 3.00. The molecular formula is C9H24N2O2Si. The zero-order valence-electron chi connectivity index (χ0n) is 9.58. The van der Waals surface area contributed by atoms with Crippen molar-refractivity contribution < 1.29 is 8.85 Å². The molecule has 0 aliphatic heterocycles. The van der Waals surface area contributed by atoms with E-state index < -0.39 is 9.28 Å². The van der Waals surface area contributed by atoms with Crippen LogP contribution in [0, 0.1) is 0 Å². The summed E-state index contributed by atoms with van der Waals surface area (Å²) in [7, 11) is 1.83. The van der Waals surface area contributed by atoms with Gasteiger partial charge in [-0.05, 0) is 32.4 Å². The van der Waals surface area contributed by atoms with Crippen molar-refractivity contribution in [3.05, 3.63) is 0 Å². The van der Waals surface area contributed by atoms with E-state index >= 15 is 0 Å². The lowest BCUT2D eigenvalue weighted by Gasteiger charge is -2.33. The van der Waals surface area contributed by atoms with Crippen molar-refractivity contribution in [3.63, 3.8) is 0 Å². The predicted octanol–water partition coefficient (Wildman–Crippen LogP) is 0.348. The maximum absolute atomic E-state index is 5.61. The van der Waals surface area contributed by atoms with Crippen LogP contribution in [-0.2, 0) is 8.85 Å². The first-order chi connectivity index (χ1) is 6.64. The fourth-order valence-corrected chi connectivity index (χ4v) is 4.03. The molecule has 0 saturated heterocycles. The standard InChI is InChI=1S/C9H24N2O2Si/c1-9(6-8-11,5-4-7-10)14(12-2)13-3/h14H,4-8,10-11H2,1-3H3. The van der Waals surface area contributed by atoms with Gasteiger partial charge < -0.3 is 20.3 Å². The summed E-state index contributed by atoms with van der Waals surface area (Å²) >= 11 is 0. The van der Waals surface area contributed by atoms with Crippen molar-refractivity contribution in [3.8, 4) is 0 Å². The molecule has 1 unspecified atom stereocenters. The Morgan fingerprint density at radius 3 is 2.00 bits per heavy atom. The molecule has 0 fully saturated rings. The molecule has 0 aliphatic carbocycles. The molecule has 0 spiro atoms. The summed E-state index contributed by atoms with van der Waals surface area (Å²) in [5.74, 6) is 0. The van der Waals surface area contributed by atoms with Crippen LogP contribution in [0.25, 0.3) is 0 Å². The molecule has 0 aromatic carbocycles. The molecule has 0 aliphatic rings. The van der Waals surface area contributed by atoms with Crippen molar-refractivity contribution in [1.82, 2.24) is 0 Å². The molecule has 4 nitrogen and oxygen atoms in total. The Labute approximate surface area is 88.8 Å². The zero-order chi connectivity index (χ0) is 11.0. The predicted molar refractivity (Wildman–Crippen MR) is 61.5 cm³/mol. The minimum Gasteiger partial charge on any atom is -0.400 e. The molecule has 14 heavy (non-hydrogen) atoms. The largest absolute Gasteiger partial charge is 0.400 e. The molecular weight excluding hydrogens is 196 g/mol. The van der Waals surface area contributed by atoms with Crippen LogP contribution in [-0.4, -0.2) is 36.6 Å². The van der Waals surface area contributed by atoms with Crippen LogP contribution in [0.15, 0.2) is 0 Å². The van der Waals surface area contributed by atoms with E-state index in [2.05, 4.69) is 6.92 Å². The van der Waals surface area contributed by atoms with Gasteiger partial charge in [0.15, 0.2) is 0 Å². The summed E-state index contributed by atoms with van der Waals surface area (Å²) < 4.78 is 10.9. The van der Waals surface area contributed by atoms with E-state index in [9.17, 15) is 0 Å². The minimum atomic E-state index is -1.61. The average molecular weight is 220 g/mol. The smallest absolute Gasteiger partial charge is 0.327 e. The number of hydrogen-bond donors (Lipinski definition) is 2. The SMILES string of the molecule is CO[SiH](OC)C(C)(CCN)CCCN. The van der Waals surface area contributed by atoms with E-state index in [4.69, 9.17) is 20.3 Å². The zero-order valence-corrected chi connectivity index (χ0v) is 10.7. The fraction of sp³-hybridized carbons (Fsp3) is 1.00. The lowest BCUT2D eigenvalue weighted by molar-refractivity contribution is 0.232. The van der Waals surface area contributed by atoms with Gasteiger partial charge in [-0.15, -0.1) is 0 Å². The molecule has 0 amide bonds. The summed E-state index contributed by atoms with van der Waals surface area (Å²) in [5.41, 5.74) is 11.1. The molecule has 0 aromatic heterocycles. The van der Waals surface area contributed by atoms with Gasteiger partial charge in [-0.1, -0.05) is 6.92 Å². The second-order valence-corrected chi connectivity index (χ2v) is 6.89. The molecule has 1 atom stereocenters. The third kappa shape index (κ3) is 4.06. The van der Waals surface area contributed by atoms with E-state index in [-0.39, 0.29) is 5.04 Å². The lowest BCUT2D eigenvalue weighted by Crippen LogP contribution is -2.36. The Morgan fingerprint density at radius 2 is 1.64 bits per heavy atom. The molecule has 0 saturated carbocycles. The summed E-state index contributed by atoms with van der Waals surface area (Å²) in [4.78, 5) is 0. The van der Waals surface area contributed by atoms with Crippen molar-refractivity contribution in [1.29, 1.82) is 0 Å². The van der Waals surface area contributed by atoms with Gasteiger partial charge in [-0.25, -0.2) is 0 Å². The highest BCUT2D eigenvalue weighted by Crippen LogP contribution is 2.38. The Bertz CT molecular complexity index is 145. The van der Waals surface area contributed by atoms with Gasteiger partial charge >= 0.3 is 9.28 Å². The van der Waals surface area contributed by atoms with Gasteiger partial charge in [-0.2, -0.15) is 0 Å². The number of rotatable bonds is 8. The lowest BCUT2D eigenvalue weighted by atomic mass is 10.0. The molecule has 0 radical (unpaired) electrons. The third-order valence-corrected chi connectivity index (χ3v) is 5.24. The normalized spacial score (nSPS) is 15.9. The van der Waals surface area contributed by atoms with Crippen molar-refractivity contribution in [2.75, 3.05) is 27.3 Å². The second kappa shape index (κ2) is 7.36. The van der Waals surface area contributed by atoms with E-state index in [1.165, 1.54) is 0 Å². The Morgan fingerprint density at radius 1 is 1.07 bits per heavy atom. The summed E-state index contributed by atoms with van der Waals surface area (Å²) in [6.45, 7) is 3.59. The highest BCUT2D eigenvalue weighted by molar-refractivity contribution is 6.48. The molecule has 4 N–H and O–H groups in total. The minimum absolute atomic E-state index is 0.109. The van der Waals surface area contributed by atoms with Crippen molar-refractivity contribution in [2.24, 2.45) is 11.5 Å². The Kier molecular flexibility index (Phi) is 7.39. The molecule has 0 rings (SSSR count). The van der Waals surface area contributed by atoms with Crippen LogP contribution in [0.1, 0.15) is 26.2 Å². The van der Waals surface area contributed by atoms with Crippen LogP contribution in [0.5, 0.6) is 0 Å². The molecule has 86 valence electrons. The topological polar surface area (TPSA) is 70.5 Å². The van der Waals surface area contributed by atoms with Crippen molar-refractivity contribution in [2.45, 2.75) is 31.2 Å². The van der Waals surface area contributed by atoms with E-state index in [1.54, 1.807) is 14.2 Å². The highest BCUT2D eigenvalue weighted by Gasteiger charge is 2.36. The van der Waals surface area contributed by atoms with Gasteiger partial charge in [0.1, 0.15) is 0 Å². The fourth-order valence-electron chi connectivity index (χ4n) is 1.86. The molecule has 0 aromatic rings. The van der Waals surface area contributed by atoms with Gasteiger partial charge in [0, 0.05) is 19.3 Å². The molecule has 0 bridgehead atoms. The van der Waals surface area contributed by atoms with Crippen LogP contribution >= 0.6 is 0 Å². The van der Waals surface area contributed by atoms with E-state index in [0.29, 0.717) is 13.1 Å².